The lowest BCUT2D eigenvalue weighted by Gasteiger charge is -2.19. The number of rotatable bonds is 3. The predicted octanol–water partition coefficient (Wildman–Crippen LogP) is 3.49. The van der Waals surface area contributed by atoms with Gasteiger partial charge in [0.15, 0.2) is 0 Å². The Balaban J connectivity index is 2.25. The number of hydrogen-bond acceptors (Lipinski definition) is 3. The predicted molar refractivity (Wildman–Crippen MR) is 75.2 cm³/mol. The number of pyridine rings is 1. The van der Waals surface area contributed by atoms with E-state index in [0.29, 0.717) is 17.9 Å². The fourth-order valence-electron chi connectivity index (χ4n) is 1.80. The minimum atomic E-state index is -0.268. The Labute approximate surface area is 119 Å². The molecule has 5 heteroatoms. The summed E-state index contributed by atoms with van der Waals surface area (Å²) in [6, 6.07) is 10.2. The van der Waals surface area contributed by atoms with Crippen LogP contribution >= 0.6 is 15.9 Å². The average Bonchev–Trinajstić information content (AvgIpc) is 2.38. The van der Waals surface area contributed by atoms with Crippen molar-refractivity contribution in [3.8, 4) is 6.07 Å². The number of nitriles is 1. The quantitative estimate of drug-likeness (QED) is 0.869. The first-order chi connectivity index (χ1) is 9.10. The van der Waals surface area contributed by atoms with Gasteiger partial charge in [-0.2, -0.15) is 5.26 Å². The van der Waals surface area contributed by atoms with E-state index in [1.807, 2.05) is 18.0 Å². The highest BCUT2D eigenvalue weighted by Gasteiger charge is 2.10. The fraction of sp³-hybridized carbons (Fsp3) is 0.143. The van der Waals surface area contributed by atoms with Crippen molar-refractivity contribution in [1.29, 1.82) is 5.26 Å². The Morgan fingerprint density at radius 1 is 1.42 bits per heavy atom. The van der Waals surface area contributed by atoms with Crippen LogP contribution in [0.1, 0.15) is 11.1 Å². The monoisotopic (exact) mass is 319 g/mol. The summed E-state index contributed by atoms with van der Waals surface area (Å²) in [6.07, 6.45) is 1.64. The number of halogens is 2. The Kier molecular flexibility index (Phi) is 4.13. The van der Waals surface area contributed by atoms with Crippen LogP contribution in [-0.4, -0.2) is 12.0 Å². The highest BCUT2D eigenvalue weighted by atomic mass is 79.9. The van der Waals surface area contributed by atoms with Gasteiger partial charge in [0, 0.05) is 24.3 Å². The summed E-state index contributed by atoms with van der Waals surface area (Å²) < 4.78 is 13.9. The molecule has 0 fully saturated rings. The van der Waals surface area contributed by atoms with Crippen LogP contribution in [0.3, 0.4) is 0 Å². The van der Waals surface area contributed by atoms with Crippen molar-refractivity contribution >= 4 is 21.7 Å². The van der Waals surface area contributed by atoms with E-state index < -0.39 is 0 Å². The lowest BCUT2D eigenvalue weighted by molar-refractivity contribution is 0.625. The Morgan fingerprint density at radius 2 is 2.21 bits per heavy atom. The molecule has 0 unspecified atom stereocenters. The van der Waals surface area contributed by atoms with Gasteiger partial charge in [-0.05, 0) is 39.7 Å². The highest BCUT2D eigenvalue weighted by molar-refractivity contribution is 9.10. The van der Waals surface area contributed by atoms with Crippen LogP contribution in [0, 0.1) is 17.1 Å². The van der Waals surface area contributed by atoms with E-state index in [9.17, 15) is 4.39 Å². The van der Waals surface area contributed by atoms with Crippen molar-refractivity contribution < 1.29 is 4.39 Å². The minimum Gasteiger partial charge on any atom is -0.354 e. The van der Waals surface area contributed by atoms with Crippen molar-refractivity contribution in [3.05, 3.63) is 57.9 Å². The zero-order valence-corrected chi connectivity index (χ0v) is 11.9. The van der Waals surface area contributed by atoms with E-state index in [4.69, 9.17) is 5.26 Å². The topological polar surface area (TPSA) is 39.9 Å². The first-order valence-corrected chi connectivity index (χ1v) is 6.40. The zero-order valence-electron chi connectivity index (χ0n) is 10.3. The Morgan fingerprint density at radius 3 is 2.89 bits per heavy atom. The van der Waals surface area contributed by atoms with Crippen LogP contribution in [0.15, 0.2) is 41.0 Å². The standard InChI is InChI=1S/C14H11BrFN3/c1-19(9-10-3-2-4-13(16)5-10)14-11(7-17)6-12(15)8-18-14/h2-6,8H,9H2,1H3. The van der Waals surface area contributed by atoms with Gasteiger partial charge in [-0.25, -0.2) is 9.37 Å². The van der Waals surface area contributed by atoms with Gasteiger partial charge in [0.25, 0.3) is 0 Å². The van der Waals surface area contributed by atoms with Crippen molar-refractivity contribution in [2.75, 3.05) is 11.9 Å². The molecule has 2 rings (SSSR count). The third kappa shape index (κ3) is 3.30. The molecule has 2 aromatic rings. The van der Waals surface area contributed by atoms with Crippen molar-refractivity contribution in [2.24, 2.45) is 0 Å². The molecule has 0 spiro atoms. The molecule has 0 atom stereocenters. The van der Waals surface area contributed by atoms with Gasteiger partial charge >= 0.3 is 0 Å². The molecule has 0 aliphatic heterocycles. The second-order valence-corrected chi connectivity index (χ2v) is 5.04. The van der Waals surface area contributed by atoms with Gasteiger partial charge in [-0.3, -0.25) is 0 Å². The molecule has 1 aromatic carbocycles. The van der Waals surface area contributed by atoms with Crippen molar-refractivity contribution in [3.63, 3.8) is 0 Å². The van der Waals surface area contributed by atoms with Gasteiger partial charge in [0.05, 0.1) is 5.56 Å². The molecular weight excluding hydrogens is 309 g/mol. The number of aromatic nitrogens is 1. The number of nitrogens with zero attached hydrogens (tertiary/aromatic N) is 3. The SMILES string of the molecule is CN(Cc1cccc(F)c1)c1ncc(Br)cc1C#N. The minimum absolute atomic E-state index is 0.268. The molecule has 0 saturated heterocycles. The summed E-state index contributed by atoms with van der Waals surface area (Å²) in [4.78, 5) is 6.05. The molecule has 19 heavy (non-hydrogen) atoms. The highest BCUT2D eigenvalue weighted by Crippen LogP contribution is 2.21. The van der Waals surface area contributed by atoms with Crippen LogP contribution < -0.4 is 4.90 Å². The third-order valence-electron chi connectivity index (χ3n) is 2.62. The maximum absolute atomic E-state index is 13.1. The van der Waals surface area contributed by atoms with Crippen LogP contribution in [0.5, 0.6) is 0 Å². The maximum Gasteiger partial charge on any atom is 0.146 e. The summed E-state index contributed by atoms with van der Waals surface area (Å²) in [6.45, 7) is 0.487. The molecule has 0 saturated carbocycles. The molecule has 0 N–H and O–H groups in total. The molecular formula is C14H11BrFN3. The normalized spacial score (nSPS) is 10.0. The maximum atomic E-state index is 13.1. The van der Waals surface area contributed by atoms with E-state index >= 15 is 0 Å². The number of hydrogen-bond donors (Lipinski definition) is 0. The van der Waals surface area contributed by atoms with Crippen molar-refractivity contribution in [2.45, 2.75) is 6.54 Å². The molecule has 3 nitrogen and oxygen atoms in total. The summed E-state index contributed by atoms with van der Waals surface area (Å²) in [5.41, 5.74) is 1.31. The van der Waals surface area contributed by atoms with Gasteiger partial charge in [-0.15, -0.1) is 0 Å². The van der Waals surface area contributed by atoms with Gasteiger partial charge < -0.3 is 4.90 Å². The third-order valence-corrected chi connectivity index (χ3v) is 3.06. The molecule has 0 amide bonds. The zero-order chi connectivity index (χ0) is 13.8. The van der Waals surface area contributed by atoms with E-state index in [1.54, 1.807) is 18.3 Å². The summed E-state index contributed by atoms with van der Waals surface area (Å²) >= 11 is 3.28. The first kappa shape index (κ1) is 13.5. The lowest BCUT2D eigenvalue weighted by atomic mass is 10.2. The molecule has 0 radical (unpaired) electrons. The van der Waals surface area contributed by atoms with Gasteiger partial charge in [0.1, 0.15) is 17.7 Å². The first-order valence-electron chi connectivity index (χ1n) is 5.61. The van der Waals surface area contributed by atoms with Gasteiger partial charge in [-0.1, -0.05) is 12.1 Å². The largest absolute Gasteiger partial charge is 0.354 e. The molecule has 0 aliphatic carbocycles. The summed E-state index contributed by atoms with van der Waals surface area (Å²) in [5.74, 6) is 0.310. The van der Waals surface area contributed by atoms with E-state index in [-0.39, 0.29) is 5.82 Å². The molecule has 1 heterocycles. The lowest BCUT2D eigenvalue weighted by Crippen LogP contribution is -2.19. The van der Waals surface area contributed by atoms with E-state index in [1.165, 1.54) is 12.1 Å². The van der Waals surface area contributed by atoms with Crippen LogP contribution in [-0.2, 0) is 6.54 Å². The molecule has 0 aliphatic rings. The van der Waals surface area contributed by atoms with Crippen LogP contribution in [0.25, 0.3) is 0 Å². The van der Waals surface area contributed by atoms with Crippen molar-refractivity contribution in [1.82, 2.24) is 4.98 Å². The second-order valence-electron chi connectivity index (χ2n) is 4.12. The molecule has 96 valence electrons. The van der Waals surface area contributed by atoms with Gasteiger partial charge in [0.2, 0.25) is 0 Å². The Bertz CT molecular complexity index is 637. The molecule has 1 aromatic heterocycles. The summed E-state index contributed by atoms with van der Waals surface area (Å²) in [5, 5.41) is 9.10. The van der Waals surface area contributed by atoms with Crippen LogP contribution in [0.4, 0.5) is 10.2 Å². The smallest absolute Gasteiger partial charge is 0.146 e. The number of benzene rings is 1. The van der Waals surface area contributed by atoms with E-state index in [0.717, 1.165) is 10.0 Å². The number of anilines is 1. The molecule has 0 bridgehead atoms. The average molecular weight is 320 g/mol. The van der Waals surface area contributed by atoms with E-state index in [2.05, 4.69) is 27.0 Å². The summed E-state index contributed by atoms with van der Waals surface area (Å²) in [7, 11) is 1.82. The second kappa shape index (κ2) is 5.81. The Hall–Kier alpha value is -1.93. The fourth-order valence-corrected chi connectivity index (χ4v) is 2.13. The van der Waals surface area contributed by atoms with Crippen LogP contribution in [0.2, 0.25) is 0 Å².